The Morgan fingerprint density at radius 1 is 1.16 bits per heavy atom. The van der Waals surface area contributed by atoms with Gasteiger partial charge in [-0.1, -0.05) is 30.3 Å². The van der Waals surface area contributed by atoms with Gasteiger partial charge in [0.1, 0.15) is 12.1 Å². The van der Waals surface area contributed by atoms with Gasteiger partial charge >= 0.3 is 0 Å². The zero-order chi connectivity index (χ0) is 21.3. The highest BCUT2D eigenvalue weighted by molar-refractivity contribution is 5.96. The molecule has 2 aromatic heterocycles. The third kappa shape index (κ3) is 4.03. The second-order valence-corrected chi connectivity index (χ2v) is 8.28. The number of nitrogens with one attached hydrogen (secondary N) is 1. The summed E-state index contributed by atoms with van der Waals surface area (Å²) in [6.45, 7) is 2.59. The molecule has 1 N–H and O–H groups in total. The predicted octanol–water partition coefficient (Wildman–Crippen LogP) is 1.80. The van der Waals surface area contributed by atoms with Crippen LogP contribution in [0.5, 0.6) is 0 Å². The van der Waals surface area contributed by atoms with E-state index in [1.165, 1.54) is 5.56 Å². The molecule has 0 unspecified atom stereocenters. The number of carbonyl (C=O) groups is 2. The first-order valence-electron chi connectivity index (χ1n) is 10.7. The smallest absolute Gasteiger partial charge is 0.255 e. The third-order valence-corrected chi connectivity index (χ3v) is 6.27. The van der Waals surface area contributed by atoms with Crippen LogP contribution in [0.25, 0.3) is 11.2 Å². The number of nitrogens with zero attached hydrogens (tertiary/aromatic N) is 4. The highest BCUT2D eigenvalue weighted by Crippen LogP contribution is 2.28. The van der Waals surface area contributed by atoms with Crippen molar-refractivity contribution in [2.24, 2.45) is 0 Å². The molecule has 3 aromatic rings. The maximum absolute atomic E-state index is 13.0. The third-order valence-electron chi connectivity index (χ3n) is 6.27. The first-order valence-corrected chi connectivity index (χ1v) is 10.7. The zero-order valence-electron chi connectivity index (χ0n) is 17.3. The van der Waals surface area contributed by atoms with E-state index in [1.807, 2.05) is 33.7 Å². The number of pyridine rings is 1. The van der Waals surface area contributed by atoms with Gasteiger partial charge in [-0.2, -0.15) is 0 Å². The van der Waals surface area contributed by atoms with Crippen LogP contribution in [0.2, 0.25) is 0 Å². The van der Waals surface area contributed by atoms with E-state index in [-0.39, 0.29) is 24.0 Å². The highest BCUT2D eigenvalue weighted by atomic mass is 16.5. The number of likely N-dealkylation sites (tertiary alicyclic amines) is 1. The van der Waals surface area contributed by atoms with Gasteiger partial charge in [0.2, 0.25) is 5.91 Å². The van der Waals surface area contributed by atoms with Crippen molar-refractivity contribution in [1.82, 2.24) is 24.8 Å². The molecular formula is C23H25N5O3. The van der Waals surface area contributed by atoms with Crippen molar-refractivity contribution in [2.45, 2.75) is 31.4 Å². The van der Waals surface area contributed by atoms with Crippen LogP contribution in [-0.2, 0) is 22.5 Å². The number of aromatic nitrogens is 3. The monoisotopic (exact) mass is 419 g/mol. The molecule has 2 saturated heterocycles. The number of piperidine rings is 1. The molecule has 2 amide bonds. The molecule has 1 aromatic carbocycles. The van der Waals surface area contributed by atoms with Gasteiger partial charge in [-0.25, -0.2) is 9.97 Å². The minimum Gasteiger partial charge on any atom is -0.363 e. The summed E-state index contributed by atoms with van der Waals surface area (Å²) in [5.74, 6) is -0.116. The number of ether oxygens (including phenoxy) is 1. The number of amides is 2. The number of rotatable bonds is 4. The van der Waals surface area contributed by atoms with Crippen molar-refractivity contribution in [3.05, 3.63) is 60.0 Å². The second kappa shape index (κ2) is 8.11. The lowest BCUT2D eigenvalue weighted by atomic mass is 9.89. The van der Waals surface area contributed by atoms with Crippen LogP contribution in [0, 0.1) is 0 Å². The minimum absolute atomic E-state index is 0.0390. The summed E-state index contributed by atoms with van der Waals surface area (Å²) in [4.78, 5) is 35.2. The number of fused-ring (bicyclic) bond motifs is 1. The Labute approximate surface area is 180 Å². The molecule has 4 heterocycles. The van der Waals surface area contributed by atoms with E-state index < -0.39 is 0 Å². The number of carbonyl (C=O) groups excluding carboxylic acids is 2. The highest BCUT2D eigenvalue weighted by Gasteiger charge is 2.40. The number of imidazole rings is 1. The van der Waals surface area contributed by atoms with E-state index in [0.717, 1.165) is 24.1 Å². The summed E-state index contributed by atoms with van der Waals surface area (Å²) in [6.07, 6.45) is 5.75. The van der Waals surface area contributed by atoms with Crippen LogP contribution in [-0.4, -0.2) is 63.1 Å². The Hall–Kier alpha value is -3.26. The van der Waals surface area contributed by atoms with Gasteiger partial charge in [-0.05, 0) is 30.9 Å². The molecule has 2 aliphatic heterocycles. The molecule has 5 rings (SSSR count). The fourth-order valence-electron chi connectivity index (χ4n) is 4.33. The van der Waals surface area contributed by atoms with Crippen molar-refractivity contribution in [3.63, 3.8) is 0 Å². The van der Waals surface area contributed by atoms with E-state index in [1.54, 1.807) is 12.5 Å². The first-order chi connectivity index (χ1) is 15.1. The maximum atomic E-state index is 13.0. The van der Waals surface area contributed by atoms with Crippen LogP contribution in [0.3, 0.4) is 0 Å². The van der Waals surface area contributed by atoms with Crippen LogP contribution < -0.4 is 5.32 Å². The molecule has 0 radical (unpaired) electrons. The van der Waals surface area contributed by atoms with Gasteiger partial charge in [0.05, 0.1) is 17.5 Å². The summed E-state index contributed by atoms with van der Waals surface area (Å²) in [5, 5.41) is 2.87. The van der Waals surface area contributed by atoms with Crippen molar-refractivity contribution in [2.75, 3.05) is 26.2 Å². The topological polar surface area (TPSA) is 89.3 Å². The predicted molar refractivity (Wildman–Crippen MR) is 115 cm³/mol. The number of benzene rings is 1. The molecule has 2 aliphatic rings. The zero-order valence-corrected chi connectivity index (χ0v) is 17.3. The molecule has 8 heteroatoms. The lowest BCUT2D eigenvalue weighted by molar-refractivity contribution is -0.149. The average molecular weight is 419 g/mol. The molecule has 0 aliphatic carbocycles. The van der Waals surface area contributed by atoms with Crippen LogP contribution in [0.1, 0.15) is 28.8 Å². The molecule has 2 fully saturated rings. The largest absolute Gasteiger partial charge is 0.363 e. The number of hydrogen-bond donors (Lipinski definition) is 1. The lowest BCUT2D eigenvalue weighted by Gasteiger charge is -2.43. The van der Waals surface area contributed by atoms with E-state index in [0.29, 0.717) is 38.0 Å². The maximum Gasteiger partial charge on any atom is 0.255 e. The standard InChI is InChI=1S/C23H25N5O3/c29-20-14-31-23(15-25-20)7-10-27(11-8-23)22(30)18-12-19-21(24-13-18)28(16-26-19)9-6-17-4-2-1-3-5-17/h1-5,12-13,16H,6-11,14-15H2,(H,25,29). The van der Waals surface area contributed by atoms with Crippen LogP contribution in [0.15, 0.2) is 48.9 Å². The summed E-state index contributed by atoms with van der Waals surface area (Å²) in [5.41, 5.74) is 2.99. The Kier molecular flexibility index (Phi) is 5.15. The van der Waals surface area contributed by atoms with Crippen molar-refractivity contribution < 1.29 is 14.3 Å². The quantitative estimate of drug-likeness (QED) is 0.697. The molecular weight excluding hydrogens is 394 g/mol. The van der Waals surface area contributed by atoms with Gasteiger partial charge in [0.25, 0.3) is 5.91 Å². The van der Waals surface area contributed by atoms with Gasteiger partial charge in [-0.3, -0.25) is 9.59 Å². The van der Waals surface area contributed by atoms with Crippen molar-refractivity contribution >= 4 is 23.0 Å². The normalized spacial score (nSPS) is 18.3. The number of hydrogen-bond acceptors (Lipinski definition) is 5. The van der Waals surface area contributed by atoms with Gasteiger partial charge in [0, 0.05) is 32.4 Å². The minimum atomic E-state index is -0.343. The molecule has 1 spiro atoms. The fourth-order valence-corrected chi connectivity index (χ4v) is 4.33. The lowest BCUT2D eigenvalue weighted by Crippen LogP contribution is -2.58. The summed E-state index contributed by atoms with van der Waals surface area (Å²) in [6, 6.07) is 12.1. The fraction of sp³-hybridized carbons (Fsp3) is 0.391. The summed E-state index contributed by atoms with van der Waals surface area (Å²) in [7, 11) is 0. The van der Waals surface area contributed by atoms with E-state index in [9.17, 15) is 9.59 Å². The van der Waals surface area contributed by atoms with E-state index in [2.05, 4.69) is 27.4 Å². The number of morpholine rings is 1. The Morgan fingerprint density at radius 2 is 1.97 bits per heavy atom. The Morgan fingerprint density at radius 3 is 2.71 bits per heavy atom. The van der Waals surface area contributed by atoms with E-state index >= 15 is 0 Å². The van der Waals surface area contributed by atoms with Crippen LogP contribution in [0.4, 0.5) is 0 Å². The molecule has 0 atom stereocenters. The van der Waals surface area contributed by atoms with Crippen LogP contribution >= 0.6 is 0 Å². The van der Waals surface area contributed by atoms with Gasteiger partial charge in [0.15, 0.2) is 5.65 Å². The van der Waals surface area contributed by atoms with Crippen molar-refractivity contribution in [3.8, 4) is 0 Å². The molecule has 31 heavy (non-hydrogen) atoms. The number of aryl methyl sites for hydroxylation is 2. The second-order valence-electron chi connectivity index (χ2n) is 8.28. The summed E-state index contributed by atoms with van der Waals surface area (Å²) >= 11 is 0. The summed E-state index contributed by atoms with van der Waals surface area (Å²) < 4.78 is 7.82. The molecule has 0 bridgehead atoms. The van der Waals surface area contributed by atoms with E-state index in [4.69, 9.17) is 4.74 Å². The average Bonchev–Trinajstić information content (AvgIpc) is 3.23. The molecule has 0 saturated carbocycles. The van der Waals surface area contributed by atoms with Crippen molar-refractivity contribution in [1.29, 1.82) is 0 Å². The SMILES string of the molecule is O=C1COC2(CCN(C(=O)c3cnc4c(c3)ncn4CCc3ccccc3)CC2)CN1. The molecule has 160 valence electrons. The molecule has 8 nitrogen and oxygen atoms in total. The first kappa shape index (κ1) is 19.7. The van der Waals surface area contributed by atoms with Gasteiger partial charge in [-0.15, -0.1) is 0 Å². The Balaban J connectivity index is 1.24. The van der Waals surface area contributed by atoms with Gasteiger partial charge < -0.3 is 19.5 Å². The Bertz CT molecular complexity index is 1090.